The summed E-state index contributed by atoms with van der Waals surface area (Å²) in [5, 5.41) is 5.81. The van der Waals surface area contributed by atoms with Crippen LogP contribution in [0.4, 0.5) is 5.82 Å². The molecular weight excluding hydrogens is 244 g/mol. The number of hydrogen-bond acceptors (Lipinski definition) is 4. The molecule has 102 valence electrons. The summed E-state index contributed by atoms with van der Waals surface area (Å²) in [6.45, 7) is 0.552. The molecule has 1 aliphatic heterocycles. The number of aromatic nitrogens is 1. The molecule has 1 fully saturated rings. The van der Waals surface area contributed by atoms with Gasteiger partial charge in [-0.3, -0.25) is 9.59 Å². The smallest absolute Gasteiger partial charge is 0.270 e. The van der Waals surface area contributed by atoms with Crippen molar-refractivity contribution in [3.8, 4) is 0 Å². The third kappa shape index (κ3) is 3.21. The molecule has 2 N–H and O–H groups in total. The topological polar surface area (TPSA) is 74.3 Å². The normalized spacial score (nSPS) is 19.2. The molecule has 1 aromatic heterocycles. The van der Waals surface area contributed by atoms with Crippen LogP contribution in [0.2, 0.25) is 0 Å². The van der Waals surface area contributed by atoms with Gasteiger partial charge in [0.15, 0.2) is 0 Å². The Kier molecular flexibility index (Phi) is 3.99. The molecule has 0 aliphatic carbocycles. The van der Waals surface area contributed by atoms with E-state index >= 15 is 0 Å². The lowest BCUT2D eigenvalue weighted by Crippen LogP contribution is -2.48. The van der Waals surface area contributed by atoms with Gasteiger partial charge in [-0.1, -0.05) is 6.07 Å². The lowest BCUT2D eigenvalue weighted by Gasteiger charge is -2.30. The van der Waals surface area contributed by atoms with Crippen molar-refractivity contribution in [1.82, 2.24) is 15.2 Å². The van der Waals surface area contributed by atoms with Gasteiger partial charge in [-0.2, -0.15) is 0 Å². The number of carbonyl (C=O) groups excluding carboxylic acids is 2. The molecule has 0 aromatic carbocycles. The molecule has 19 heavy (non-hydrogen) atoms. The highest BCUT2D eigenvalue weighted by molar-refractivity contribution is 5.93. The molecule has 1 saturated heterocycles. The van der Waals surface area contributed by atoms with Crippen molar-refractivity contribution in [2.45, 2.75) is 18.9 Å². The SMILES string of the molecule is CNc1cccc(C(=O)NC2CCC(=O)N(C)C2)n1. The van der Waals surface area contributed by atoms with Crippen LogP contribution in [0.25, 0.3) is 0 Å². The Morgan fingerprint density at radius 3 is 2.95 bits per heavy atom. The Morgan fingerprint density at radius 1 is 1.47 bits per heavy atom. The van der Waals surface area contributed by atoms with Crippen LogP contribution in [0, 0.1) is 0 Å². The first-order chi connectivity index (χ1) is 9.10. The summed E-state index contributed by atoms with van der Waals surface area (Å²) in [6, 6.07) is 5.25. The van der Waals surface area contributed by atoms with Gasteiger partial charge in [-0.25, -0.2) is 4.98 Å². The molecule has 0 radical (unpaired) electrons. The molecule has 2 heterocycles. The van der Waals surface area contributed by atoms with Crippen molar-refractivity contribution < 1.29 is 9.59 Å². The predicted octanol–water partition coefficient (Wildman–Crippen LogP) is 0.474. The summed E-state index contributed by atoms with van der Waals surface area (Å²) >= 11 is 0. The second kappa shape index (κ2) is 5.69. The number of rotatable bonds is 3. The Balaban J connectivity index is 1.99. The molecule has 2 amide bonds. The number of piperidine rings is 1. The van der Waals surface area contributed by atoms with E-state index in [-0.39, 0.29) is 17.9 Å². The number of hydrogen-bond donors (Lipinski definition) is 2. The van der Waals surface area contributed by atoms with Gasteiger partial charge >= 0.3 is 0 Å². The van der Waals surface area contributed by atoms with Crippen LogP contribution >= 0.6 is 0 Å². The minimum Gasteiger partial charge on any atom is -0.373 e. The Morgan fingerprint density at radius 2 is 2.26 bits per heavy atom. The minimum absolute atomic E-state index is 0.00441. The summed E-state index contributed by atoms with van der Waals surface area (Å²) in [7, 11) is 3.51. The van der Waals surface area contributed by atoms with E-state index in [0.717, 1.165) is 0 Å². The summed E-state index contributed by atoms with van der Waals surface area (Å²) in [5.74, 6) is 0.578. The molecule has 2 rings (SSSR count). The Bertz CT molecular complexity index is 489. The summed E-state index contributed by atoms with van der Waals surface area (Å²) in [4.78, 5) is 29.3. The van der Waals surface area contributed by atoms with Crippen LogP contribution < -0.4 is 10.6 Å². The highest BCUT2D eigenvalue weighted by atomic mass is 16.2. The van der Waals surface area contributed by atoms with Crippen molar-refractivity contribution in [1.29, 1.82) is 0 Å². The quantitative estimate of drug-likeness (QED) is 0.830. The monoisotopic (exact) mass is 262 g/mol. The molecule has 1 aromatic rings. The van der Waals surface area contributed by atoms with E-state index in [1.54, 1.807) is 37.2 Å². The van der Waals surface area contributed by atoms with Crippen LogP contribution in [-0.4, -0.2) is 48.4 Å². The Labute approximate surface area is 112 Å². The second-order valence-electron chi connectivity index (χ2n) is 4.64. The van der Waals surface area contributed by atoms with Gasteiger partial charge in [0.05, 0.1) is 0 Å². The van der Waals surface area contributed by atoms with Crippen LogP contribution in [0.1, 0.15) is 23.3 Å². The van der Waals surface area contributed by atoms with Crippen LogP contribution in [0.15, 0.2) is 18.2 Å². The number of nitrogens with zero attached hydrogens (tertiary/aromatic N) is 2. The van der Waals surface area contributed by atoms with Gasteiger partial charge in [0.25, 0.3) is 5.91 Å². The summed E-state index contributed by atoms with van der Waals surface area (Å²) in [5.41, 5.74) is 0.381. The van der Waals surface area contributed by atoms with Crippen molar-refractivity contribution in [2.24, 2.45) is 0 Å². The van der Waals surface area contributed by atoms with Crippen LogP contribution in [0.5, 0.6) is 0 Å². The molecule has 0 spiro atoms. The second-order valence-corrected chi connectivity index (χ2v) is 4.64. The van der Waals surface area contributed by atoms with Gasteiger partial charge in [0.1, 0.15) is 11.5 Å². The van der Waals surface area contributed by atoms with E-state index in [0.29, 0.717) is 30.9 Å². The number of pyridine rings is 1. The fourth-order valence-electron chi connectivity index (χ4n) is 2.09. The fraction of sp³-hybridized carbons (Fsp3) is 0.462. The van der Waals surface area contributed by atoms with Crippen molar-refractivity contribution in [2.75, 3.05) is 26.0 Å². The van der Waals surface area contributed by atoms with Gasteiger partial charge in [0.2, 0.25) is 5.91 Å². The minimum atomic E-state index is -0.204. The van der Waals surface area contributed by atoms with Crippen molar-refractivity contribution in [3.63, 3.8) is 0 Å². The zero-order chi connectivity index (χ0) is 13.8. The first-order valence-corrected chi connectivity index (χ1v) is 6.30. The summed E-state index contributed by atoms with van der Waals surface area (Å²) in [6.07, 6.45) is 1.16. The summed E-state index contributed by atoms with van der Waals surface area (Å²) < 4.78 is 0. The molecular formula is C13H18N4O2. The zero-order valence-electron chi connectivity index (χ0n) is 11.1. The van der Waals surface area contributed by atoms with Gasteiger partial charge < -0.3 is 15.5 Å². The molecule has 6 nitrogen and oxygen atoms in total. The van der Waals surface area contributed by atoms with E-state index < -0.39 is 0 Å². The van der Waals surface area contributed by atoms with E-state index in [1.807, 2.05) is 0 Å². The maximum absolute atomic E-state index is 12.1. The van der Waals surface area contributed by atoms with Gasteiger partial charge in [-0.15, -0.1) is 0 Å². The number of likely N-dealkylation sites (tertiary alicyclic amines) is 1. The molecule has 1 atom stereocenters. The van der Waals surface area contributed by atoms with Crippen LogP contribution in [-0.2, 0) is 4.79 Å². The fourth-order valence-corrected chi connectivity index (χ4v) is 2.09. The van der Waals surface area contributed by atoms with E-state index in [1.165, 1.54) is 0 Å². The third-order valence-corrected chi connectivity index (χ3v) is 3.20. The van der Waals surface area contributed by atoms with Gasteiger partial charge in [-0.05, 0) is 18.6 Å². The van der Waals surface area contributed by atoms with Crippen molar-refractivity contribution in [3.05, 3.63) is 23.9 Å². The average Bonchev–Trinajstić information content (AvgIpc) is 2.43. The number of anilines is 1. The largest absolute Gasteiger partial charge is 0.373 e. The Hall–Kier alpha value is -2.11. The van der Waals surface area contributed by atoms with Gasteiger partial charge in [0, 0.05) is 33.1 Å². The standard InChI is InChI=1S/C13H18N4O2/c1-14-11-5-3-4-10(16-11)13(19)15-9-6-7-12(18)17(2)8-9/h3-5,9H,6-8H2,1-2H3,(H,14,16)(H,15,19). The van der Waals surface area contributed by atoms with E-state index in [9.17, 15) is 9.59 Å². The first-order valence-electron chi connectivity index (χ1n) is 6.30. The average molecular weight is 262 g/mol. The maximum atomic E-state index is 12.1. The zero-order valence-corrected chi connectivity index (χ0v) is 11.1. The molecule has 0 bridgehead atoms. The number of nitrogens with one attached hydrogen (secondary N) is 2. The lowest BCUT2D eigenvalue weighted by atomic mass is 10.1. The predicted molar refractivity (Wildman–Crippen MR) is 71.9 cm³/mol. The first kappa shape index (κ1) is 13.3. The van der Waals surface area contributed by atoms with Crippen molar-refractivity contribution >= 4 is 17.6 Å². The highest BCUT2D eigenvalue weighted by Crippen LogP contribution is 2.11. The molecule has 1 unspecified atom stereocenters. The number of amides is 2. The molecule has 1 aliphatic rings. The number of likely N-dealkylation sites (N-methyl/N-ethyl adjacent to an activating group) is 1. The number of carbonyl (C=O) groups is 2. The third-order valence-electron chi connectivity index (χ3n) is 3.20. The maximum Gasteiger partial charge on any atom is 0.270 e. The van der Waals surface area contributed by atoms with E-state index in [4.69, 9.17) is 0 Å². The molecule has 0 saturated carbocycles. The van der Waals surface area contributed by atoms with E-state index in [2.05, 4.69) is 15.6 Å². The molecule has 6 heteroatoms. The van der Waals surface area contributed by atoms with Crippen LogP contribution in [0.3, 0.4) is 0 Å². The lowest BCUT2D eigenvalue weighted by molar-refractivity contribution is -0.132. The highest BCUT2D eigenvalue weighted by Gasteiger charge is 2.24.